The molecule has 1 fully saturated rings. The topological polar surface area (TPSA) is 62.9 Å². The van der Waals surface area contributed by atoms with Crippen LogP contribution in [-0.2, 0) is 11.3 Å². The quantitative estimate of drug-likeness (QED) is 0.860. The standard InChI is InChI=1S/C17H21NO4.ClH/c1-2-21-17(20)16-13-10-12(19)6-7-14(13)22-15(16)11-18-8-4-3-5-9-18;/h6-7,10,19H,2-5,8-9,11H2,1H3;1H. The monoisotopic (exact) mass is 339 g/mol. The van der Waals surface area contributed by atoms with Crippen molar-refractivity contribution in [2.24, 2.45) is 0 Å². The van der Waals surface area contributed by atoms with E-state index in [-0.39, 0.29) is 24.1 Å². The van der Waals surface area contributed by atoms with Crippen molar-refractivity contribution in [3.8, 4) is 5.75 Å². The second-order valence-corrected chi connectivity index (χ2v) is 5.64. The molecule has 0 bridgehead atoms. The fourth-order valence-electron chi connectivity index (χ4n) is 3.00. The van der Waals surface area contributed by atoms with Gasteiger partial charge in [0.1, 0.15) is 22.7 Å². The molecule has 0 unspecified atom stereocenters. The summed E-state index contributed by atoms with van der Waals surface area (Å²) in [5, 5.41) is 10.3. The van der Waals surface area contributed by atoms with Gasteiger partial charge in [0, 0.05) is 5.39 Å². The summed E-state index contributed by atoms with van der Waals surface area (Å²) in [7, 11) is 0. The lowest BCUT2D eigenvalue weighted by molar-refractivity contribution is 0.0523. The average Bonchev–Trinajstić information content (AvgIpc) is 2.85. The smallest absolute Gasteiger partial charge is 0.342 e. The fraction of sp³-hybridized carbons (Fsp3) is 0.471. The minimum absolute atomic E-state index is 0. The average molecular weight is 340 g/mol. The van der Waals surface area contributed by atoms with Gasteiger partial charge in [-0.1, -0.05) is 6.42 Å². The first kappa shape index (κ1) is 17.6. The molecular weight excluding hydrogens is 318 g/mol. The highest BCUT2D eigenvalue weighted by atomic mass is 35.5. The van der Waals surface area contributed by atoms with Gasteiger partial charge in [0.25, 0.3) is 0 Å². The number of nitrogens with zero attached hydrogens (tertiary/aromatic N) is 1. The minimum atomic E-state index is -0.390. The highest BCUT2D eigenvalue weighted by Gasteiger charge is 2.24. The van der Waals surface area contributed by atoms with E-state index in [1.807, 2.05) is 0 Å². The maximum Gasteiger partial charge on any atom is 0.342 e. The minimum Gasteiger partial charge on any atom is -0.508 e. The second-order valence-electron chi connectivity index (χ2n) is 5.64. The van der Waals surface area contributed by atoms with Crippen molar-refractivity contribution < 1.29 is 19.1 Å². The van der Waals surface area contributed by atoms with Crippen molar-refractivity contribution in [1.82, 2.24) is 4.90 Å². The van der Waals surface area contributed by atoms with Crippen LogP contribution in [0.15, 0.2) is 22.6 Å². The number of likely N-dealkylation sites (tertiary alicyclic amines) is 1. The molecule has 0 amide bonds. The third kappa shape index (κ3) is 3.79. The highest BCUT2D eigenvalue weighted by Crippen LogP contribution is 2.31. The van der Waals surface area contributed by atoms with Gasteiger partial charge in [-0.05, 0) is 51.1 Å². The molecule has 0 spiro atoms. The summed E-state index contributed by atoms with van der Waals surface area (Å²) in [6, 6.07) is 4.81. The van der Waals surface area contributed by atoms with Gasteiger partial charge < -0.3 is 14.3 Å². The first-order valence-corrected chi connectivity index (χ1v) is 7.83. The Bertz CT molecular complexity index is 677. The zero-order valence-electron chi connectivity index (χ0n) is 13.2. The van der Waals surface area contributed by atoms with Crippen LogP contribution in [0.3, 0.4) is 0 Å². The van der Waals surface area contributed by atoms with Crippen molar-refractivity contribution in [2.45, 2.75) is 32.7 Å². The van der Waals surface area contributed by atoms with E-state index in [4.69, 9.17) is 9.15 Å². The lowest BCUT2D eigenvalue weighted by Gasteiger charge is -2.25. The van der Waals surface area contributed by atoms with Gasteiger partial charge in [-0.15, -0.1) is 12.4 Å². The zero-order valence-corrected chi connectivity index (χ0v) is 14.0. The third-order valence-corrected chi connectivity index (χ3v) is 4.04. The summed E-state index contributed by atoms with van der Waals surface area (Å²) in [6.45, 7) is 4.73. The van der Waals surface area contributed by atoms with E-state index < -0.39 is 0 Å². The summed E-state index contributed by atoms with van der Waals surface area (Å²) >= 11 is 0. The van der Waals surface area contributed by atoms with E-state index in [0.717, 1.165) is 13.1 Å². The Morgan fingerprint density at radius 3 is 2.74 bits per heavy atom. The summed E-state index contributed by atoms with van der Waals surface area (Å²) in [5.74, 6) is 0.350. The maximum absolute atomic E-state index is 12.3. The fourth-order valence-corrected chi connectivity index (χ4v) is 3.00. The number of carbonyl (C=O) groups excluding carboxylic acids is 1. The highest BCUT2D eigenvalue weighted by molar-refractivity contribution is 6.04. The lowest BCUT2D eigenvalue weighted by Crippen LogP contribution is -2.29. The number of ether oxygens (including phenoxy) is 1. The van der Waals surface area contributed by atoms with Gasteiger partial charge in [-0.25, -0.2) is 4.79 Å². The number of phenolic OH excluding ortho intramolecular Hbond substituents is 1. The van der Waals surface area contributed by atoms with Gasteiger partial charge in [0.2, 0.25) is 0 Å². The van der Waals surface area contributed by atoms with Crippen LogP contribution in [-0.4, -0.2) is 35.7 Å². The molecule has 6 heteroatoms. The first-order valence-electron chi connectivity index (χ1n) is 7.83. The van der Waals surface area contributed by atoms with E-state index in [2.05, 4.69) is 4.90 Å². The molecule has 23 heavy (non-hydrogen) atoms. The van der Waals surface area contributed by atoms with Gasteiger partial charge in [-0.3, -0.25) is 4.90 Å². The van der Waals surface area contributed by atoms with Crippen LogP contribution in [0.5, 0.6) is 5.75 Å². The summed E-state index contributed by atoms with van der Waals surface area (Å²) in [4.78, 5) is 14.6. The summed E-state index contributed by atoms with van der Waals surface area (Å²) < 4.78 is 11.0. The Balaban J connectivity index is 0.00000192. The van der Waals surface area contributed by atoms with Crippen LogP contribution >= 0.6 is 12.4 Å². The van der Waals surface area contributed by atoms with E-state index in [0.29, 0.717) is 35.4 Å². The number of hydrogen-bond donors (Lipinski definition) is 1. The van der Waals surface area contributed by atoms with Gasteiger partial charge in [0.15, 0.2) is 0 Å². The number of piperidine rings is 1. The molecule has 0 aliphatic carbocycles. The second kappa shape index (κ2) is 7.70. The van der Waals surface area contributed by atoms with Crippen LogP contribution in [0.2, 0.25) is 0 Å². The first-order chi connectivity index (χ1) is 10.7. The number of hydrogen-bond acceptors (Lipinski definition) is 5. The molecule has 3 rings (SSSR count). The number of phenols is 1. The Kier molecular flexibility index (Phi) is 5.91. The SMILES string of the molecule is CCOC(=O)c1c(CN2CCCCC2)oc2ccc(O)cc12.Cl. The molecule has 2 aromatic rings. The maximum atomic E-state index is 12.3. The zero-order chi connectivity index (χ0) is 15.5. The van der Waals surface area contributed by atoms with Crippen LogP contribution in [0, 0.1) is 0 Å². The molecule has 5 nitrogen and oxygen atoms in total. The number of esters is 1. The molecule has 1 N–H and O–H groups in total. The molecule has 1 aromatic heterocycles. The van der Waals surface area contributed by atoms with Crippen molar-refractivity contribution in [3.05, 3.63) is 29.5 Å². The molecule has 1 aromatic carbocycles. The number of benzene rings is 1. The number of fused-ring (bicyclic) bond motifs is 1. The van der Waals surface area contributed by atoms with Crippen molar-refractivity contribution in [2.75, 3.05) is 19.7 Å². The normalized spacial score (nSPS) is 15.3. The number of carbonyl (C=O) groups is 1. The molecule has 0 radical (unpaired) electrons. The van der Waals surface area contributed by atoms with Crippen molar-refractivity contribution >= 4 is 29.3 Å². The Labute approximate surface area is 141 Å². The summed E-state index contributed by atoms with van der Waals surface area (Å²) in [6.07, 6.45) is 3.61. The van der Waals surface area contributed by atoms with Crippen LogP contribution in [0.4, 0.5) is 0 Å². The van der Waals surface area contributed by atoms with Crippen LogP contribution < -0.4 is 0 Å². The summed E-state index contributed by atoms with van der Waals surface area (Å²) in [5.41, 5.74) is 1.05. The van der Waals surface area contributed by atoms with Gasteiger partial charge in [0.05, 0.1) is 13.2 Å². The van der Waals surface area contributed by atoms with Crippen LogP contribution in [0.1, 0.15) is 42.3 Å². The molecule has 1 aliphatic heterocycles. The molecular formula is C17H22ClNO4. The number of halogens is 1. The number of furan rings is 1. The molecule has 0 saturated carbocycles. The van der Waals surface area contributed by atoms with E-state index in [1.54, 1.807) is 25.1 Å². The largest absolute Gasteiger partial charge is 0.508 e. The van der Waals surface area contributed by atoms with E-state index >= 15 is 0 Å². The number of rotatable bonds is 4. The van der Waals surface area contributed by atoms with E-state index in [9.17, 15) is 9.90 Å². The Morgan fingerprint density at radius 1 is 1.30 bits per heavy atom. The predicted molar refractivity (Wildman–Crippen MR) is 90.2 cm³/mol. The lowest BCUT2D eigenvalue weighted by atomic mass is 10.1. The number of aromatic hydroxyl groups is 1. The molecule has 126 valence electrons. The Hall–Kier alpha value is -1.72. The van der Waals surface area contributed by atoms with Gasteiger partial charge in [-0.2, -0.15) is 0 Å². The molecule has 1 aliphatic rings. The third-order valence-electron chi connectivity index (χ3n) is 4.04. The Morgan fingerprint density at radius 2 is 2.04 bits per heavy atom. The molecule has 1 saturated heterocycles. The van der Waals surface area contributed by atoms with Crippen molar-refractivity contribution in [1.29, 1.82) is 0 Å². The van der Waals surface area contributed by atoms with Gasteiger partial charge >= 0.3 is 5.97 Å². The molecule has 0 atom stereocenters. The van der Waals surface area contributed by atoms with Crippen molar-refractivity contribution in [3.63, 3.8) is 0 Å². The predicted octanol–water partition coefficient (Wildman–Crippen LogP) is 3.72. The van der Waals surface area contributed by atoms with E-state index in [1.165, 1.54) is 19.3 Å². The molecule has 2 heterocycles. The van der Waals surface area contributed by atoms with Crippen LogP contribution in [0.25, 0.3) is 11.0 Å².